The third-order valence-electron chi connectivity index (χ3n) is 0.612. The van der Waals surface area contributed by atoms with E-state index in [2.05, 4.69) is 39.3 Å². The van der Waals surface area contributed by atoms with Gasteiger partial charge in [-0.15, -0.1) is 0 Å². The minimum Gasteiger partial charge on any atom is -0.456 e. The van der Waals surface area contributed by atoms with Crippen molar-refractivity contribution < 1.29 is 8.91 Å². The van der Waals surface area contributed by atoms with Gasteiger partial charge in [0.05, 0.1) is 0 Å². The fraction of sp³-hybridized carbons (Fsp3) is 0.900. The second-order valence-corrected chi connectivity index (χ2v) is 14.5. The van der Waals surface area contributed by atoms with E-state index in [4.69, 9.17) is 4.12 Å². The lowest BCUT2D eigenvalue weighted by Gasteiger charge is -2.27. The summed E-state index contributed by atoms with van der Waals surface area (Å²) in [5.74, 6) is 0.167. The molecule has 0 aliphatic carbocycles. The van der Waals surface area contributed by atoms with Gasteiger partial charge in [0.15, 0.2) is 16.6 Å². The van der Waals surface area contributed by atoms with E-state index in [0.29, 0.717) is 0 Å². The molecule has 0 radical (unpaired) electrons. The maximum Gasteiger partial charge on any atom is 0.170 e. The average Bonchev–Trinajstić information content (AvgIpc) is 1.47. The van der Waals surface area contributed by atoms with E-state index in [1.54, 1.807) is 0 Å². The van der Waals surface area contributed by atoms with E-state index >= 15 is 0 Å². The highest BCUT2D eigenvalue weighted by atomic mass is 28.4. The second-order valence-electron chi connectivity index (χ2n) is 5.24. The summed E-state index contributed by atoms with van der Waals surface area (Å²) in [5, 5.41) is 0. The molecule has 0 aliphatic rings. The molecule has 0 N–H and O–H groups in total. The van der Waals surface area contributed by atoms with Crippen LogP contribution in [-0.4, -0.2) is 22.4 Å². The number of rotatable bonds is 2. The van der Waals surface area contributed by atoms with Crippen LogP contribution in [0.1, 0.15) is 21.3 Å². The molecule has 88 valence electrons. The van der Waals surface area contributed by atoms with Gasteiger partial charge < -0.3 is 8.91 Å². The number of Topliss-reactive ketones (excluding diaryl/α,β-unsaturated/α-hetero) is 1. The largest absolute Gasteiger partial charge is 0.456 e. The molecule has 0 aliphatic heterocycles. The van der Waals surface area contributed by atoms with Gasteiger partial charge in [-0.05, 0) is 53.1 Å². The molecule has 0 saturated carbocycles. The van der Waals surface area contributed by atoms with Crippen LogP contribution in [0.25, 0.3) is 0 Å². The molecule has 0 heterocycles. The Hall–Kier alpha value is 0.0638. The Morgan fingerprint density at radius 1 is 0.857 bits per heavy atom. The maximum absolute atomic E-state index is 9.44. The summed E-state index contributed by atoms with van der Waals surface area (Å²) in [4.78, 5) is 9.44. The monoisotopic (exact) mass is 236 g/mol. The highest BCUT2D eigenvalue weighted by Gasteiger charge is 2.24. The second kappa shape index (κ2) is 7.37. The lowest BCUT2D eigenvalue weighted by molar-refractivity contribution is -0.114. The zero-order valence-electron chi connectivity index (χ0n) is 10.3. The highest BCUT2D eigenvalue weighted by Crippen LogP contribution is 2.12. The SMILES string of the molecule is C.CC(C)=O.C[Si](C)(C)O[Si](C)(C)C. The summed E-state index contributed by atoms with van der Waals surface area (Å²) in [6, 6.07) is 0. The Morgan fingerprint density at radius 2 is 1.00 bits per heavy atom. The quantitative estimate of drug-likeness (QED) is 0.680. The first-order chi connectivity index (χ1) is 5.44. The first-order valence-electron chi connectivity index (χ1n) is 4.61. The van der Waals surface area contributed by atoms with Gasteiger partial charge in [-0.1, -0.05) is 7.43 Å². The molecular formula is C10H28O2Si2. The van der Waals surface area contributed by atoms with Crippen molar-refractivity contribution in [3.05, 3.63) is 0 Å². The van der Waals surface area contributed by atoms with E-state index in [-0.39, 0.29) is 13.2 Å². The van der Waals surface area contributed by atoms with Crippen LogP contribution in [0.2, 0.25) is 39.3 Å². The van der Waals surface area contributed by atoms with Crippen molar-refractivity contribution in [2.75, 3.05) is 0 Å². The molecule has 2 nitrogen and oxygen atoms in total. The molecule has 0 aromatic rings. The van der Waals surface area contributed by atoms with Crippen LogP contribution >= 0.6 is 0 Å². The summed E-state index contributed by atoms with van der Waals surface area (Å²) in [5.41, 5.74) is 0. The van der Waals surface area contributed by atoms with E-state index in [9.17, 15) is 4.79 Å². The van der Waals surface area contributed by atoms with Crippen LogP contribution in [0, 0.1) is 0 Å². The van der Waals surface area contributed by atoms with Gasteiger partial charge in [0.1, 0.15) is 5.78 Å². The Morgan fingerprint density at radius 3 is 1.00 bits per heavy atom. The summed E-state index contributed by atoms with van der Waals surface area (Å²) >= 11 is 0. The predicted octanol–water partition coefficient (Wildman–Crippen LogP) is 3.90. The lowest BCUT2D eigenvalue weighted by atomic mass is 10.6. The van der Waals surface area contributed by atoms with E-state index in [1.165, 1.54) is 13.8 Å². The molecule has 0 saturated heterocycles. The zero-order chi connectivity index (χ0) is 11.3. The van der Waals surface area contributed by atoms with Crippen molar-refractivity contribution in [1.82, 2.24) is 0 Å². The van der Waals surface area contributed by atoms with Crippen molar-refractivity contribution >= 4 is 22.4 Å². The molecule has 0 rings (SSSR count). The van der Waals surface area contributed by atoms with E-state index in [1.807, 2.05) is 0 Å². The van der Waals surface area contributed by atoms with Gasteiger partial charge >= 0.3 is 0 Å². The number of hydrogen-bond acceptors (Lipinski definition) is 2. The normalized spacial score (nSPS) is 10.9. The number of hydrogen-bond donors (Lipinski definition) is 0. The molecule has 4 heteroatoms. The predicted molar refractivity (Wildman–Crippen MR) is 70.9 cm³/mol. The third kappa shape index (κ3) is 40.2. The first-order valence-corrected chi connectivity index (χ1v) is 11.4. The molecule has 0 atom stereocenters. The fourth-order valence-corrected chi connectivity index (χ4v) is 8.27. The highest BCUT2D eigenvalue weighted by molar-refractivity contribution is 6.83. The molecule has 14 heavy (non-hydrogen) atoms. The first kappa shape index (κ1) is 19.6. The maximum atomic E-state index is 9.44. The summed E-state index contributed by atoms with van der Waals surface area (Å²) in [6.07, 6.45) is 0. The lowest BCUT2D eigenvalue weighted by Crippen LogP contribution is -2.39. The van der Waals surface area contributed by atoms with Crippen molar-refractivity contribution in [3.63, 3.8) is 0 Å². The summed E-state index contributed by atoms with van der Waals surface area (Å²) in [6.45, 7) is 16.5. The van der Waals surface area contributed by atoms with E-state index in [0.717, 1.165) is 0 Å². The van der Waals surface area contributed by atoms with E-state index < -0.39 is 16.6 Å². The van der Waals surface area contributed by atoms with Crippen molar-refractivity contribution in [2.24, 2.45) is 0 Å². The van der Waals surface area contributed by atoms with Crippen LogP contribution in [-0.2, 0) is 8.91 Å². The van der Waals surface area contributed by atoms with Gasteiger partial charge in [-0.25, -0.2) is 0 Å². The van der Waals surface area contributed by atoms with Gasteiger partial charge in [0.2, 0.25) is 0 Å². The smallest absolute Gasteiger partial charge is 0.170 e. The molecule has 0 bridgehead atoms. The standard InChI is InChI=1S/C6H18OSi2.C3H6O.CH4/c1-8(2,3)7-9(4,5)6;1-3(2)4;/h1-6H3;1-2H3;1H4. The van der Waals surface area contributed by atoms with Crippen molar-refractivity contribution in [1.29, 1.82) is 0 Å². The van der Waals surface area contributed by atoms with Crippen molar-refractivity contribution in [3.8, 4) is 0 Å². The van der Waals surface area contributed by atoms with Crippen LogP contribution in [0.4, 0.5) is 0 Å². The van der Waals surface area contributed by atoms with Crippen LogP contribution in [0.3, 0.4) is 0 Å². The summed E-state index contributed by atoms with van der Waals surface area (Å²) < 4.78 is 5.90. The topological polar surface area (TPSA) is 26.3 Å². The summed E-state index contributed by atoms with van der Waals surface area (Å²) in [7, 11) is -2.46. The minimum absolute atomic E-state index is 0. The Kier molecular flexibility index (Phi) is 10.3. The van der Waals surface area contributed by atoms with Gasteiger partial charge in [-0.3, -0.25) is 0 Å². The van der Waals surface area contributed by atoms with Gasteiger partial charge in [-0.2, -0.15) is 0 Å². The third-order valence-corrected chi connectivity index (χ3v) is 5.51. The van der Waals surface area contributed by atoms with Gasteiger partial charge in [0.25, 0.3) is 0 Å². The molecule has 0 aromatic heterocycles. The molecule has 0 amide bonds. The number of carbonyl (C=O) groups excluding carboxylic acids is 1. The minimum atomic E-state index is -1.23. The number of ketones is 1. The molecule has 0 aromatic carbocycles. The van der Waals surface area contributed by atoms with Gasteiger partial charge in [0, 0.05) is 0 Å². The molecular weight excluding hydrogens is 208 g/mol. The Labute approximate surface area is 92.3 Å². The Bertz CT molecular complexity index is 138. The zero-order valence-corrected chi connectivity index (χ0v) is 12.3. The molecule has 0 unspecified atom stereocenters. The fourth-order valence-electron chi connectivity index (χ4n) is 0.919. The van der Waals surface area contributed by atoms with Crippen LogP contribution < -0.4 is 0 Å². The molecule has 0 fully saturated rings. The van der Waals surface area contributed by atoms with Crippen LogP contribution in [0.5, 0.6) is 0 Å². The van der Waals surface area contributed by atoms with Crippen LogP contribution in [0.15, 0.2) is 0 Å². The Balaban J connectivity index is -0.000000209. The average molecular weight is 237 g/mol. The molecule has 0 spiro atoms. The van der Waals surface area contributed by atoms with Crippen molar-refractivity contribution in [2.45, 2.75) is 60.6 Å². The number of carbonyl (C=O) groups is 1.